The number of benzene rings is 1. The third kappa shape index (κ3) is 2.14. The molecule has 3 aromatic rings. The first kappa shape index (κ1) is 13.0. The van der Waals surface area contributed by atoms with Crippen LogP contribution < -0.4 is 10.9 Å². The average molecular weight is 300 g/mol. The Labute approximate surface area is 124 Å². The van der Waals surface area contributed by atoms with E-state index >= 15 is 0 Å². The number of amides is 1. The molecule has 0 unspecified atom stereocenters. The summed E-state index contributed by atoms with van der Waals surface area (Å²) in [6.45, 7) is -0.109. The van der Waals surface area contributed by atoms with Crippen LogP contribution in [0.25, 0.3) is 16.4 Å². The maximum Gasteiger partial charge on any atom is 0.291 e. The van der Waals surface area contributed by atoms with Crippen molar-refractivity contribution in [2.75, 3.05) is 0 Å². The lowest BCUT2D eigenvalue weighted by Crippen LogP contribution is -2.35. The van der Waals surface area contributed by atoms with Gasteiger partial charge in [-0.05, 0) is 37.1 Å². The fraction of sp³-hybridized carbons (Fsp3) is 0.267. The molecule has 112 valence electrons. The molecule has 7 heteroatoms. The molecule has 2 aromatic heterocycles. The zero-order chi connectivity index (χ0) is 15.3. The second-order valence-corrected chi connectivity index (χ2v) is 5.54. The third-order valence-corrected chi connectivity index (χ3v) is 3.80. The summed E-state index contributed by atoms with van der Waals surface area (Å²) in [7, 11) is 0. The highest BCUT2D eigenvalue weighted by atomic mass is 19.1. The minimum Gasteiger partial charge on any atom is -0.352 e. The summed E-state index contributed by atoms with van der Waals surface area (Å²) in [5.41, 5.74) is 0.704. The van der Waals surface area contributed by atoms with Crippen LogP contribution in [-0.2, 0) is 11.3 Å². The van der Waals surface area contributed by atoms with Gasteiger partial charge in [-0.2, -0.15) is 5.10 Å². The molecule has 1 N–H and O–H groups in total. The standard InChI is InChI=1S/C15H13FN4O2/c16-10-1-4-12-9(5-10)6-13-15(22)20(17-8-19(12)13)7-14(21)18-11-2-3-11/h1,4-6,8,11H,2-3,7H2,(H,18,21). The Balaban J connectivity index is 1.77. The predicted molar refractivity (Wildman–Crippen MR) is 78.1 cm³/mol. The summed E-state index contributed by atoms with van der Waals surface area (Å²) < 4.78 is 16.0. The van der Waals surface area contributed by atoms with Gasteiger partial charge >= 0.3 is 0 Å². The molecule has 0 bridgehead atoms. The highest BCUT2D eigenvalue weighted by Gasteiger charge is 2.23. The van der Waals surface area contributed by atoms with Crippen LogP contribution in [0.5, 0.6) is 0 Å². The van der Waals surface area contributed by atoms with Gasteiger partial charge in [-0.15, -0.1) is 0 Å². The van der Waals surface area contributed by atoms with Crippen LogP contribution in [0, 0.1) is 5.82 Å². The van der Waals surface area contributed by atoms with E-state index in [1.165, 1.54) is 18.5 Å². The minimum absolute atomic E-state index is 0.109. The number of carbonyl (C=O) groups excluding carboxylic acids is 1. The summed E-state index contributed by atoms with van der Waals surface area (Å²) in [6.07, 6.45) is 3.45. The fourth-order valence-corrected chi connectivity index (χ4v) is 2.54. The number of rotatable bonds is 3. The van der Waals surface area contributed by atoms with E-state index in [1.54, 1.807) is 16.5 Å². The Kier molecular flexibility index (Phi) is 2.75. The van der Waals surface area contributed by atoms with E-state index in [9.17, 15) is 14.0 Å². The molecule has 1 aromatic carbocycles. The number of halogens is 1. The van der Waals surface area contributed by atoms with Crippen molar-refractivity contribution < 1.29 is 9.18 Å². The third-order valence-electron chi connectivity index (χ3n) is 3.80. The first-order chi connectivity index (χ1) is 10.6. The largest absolute Gasteiger partial charge is 0.352 e. The van der Waals surface area contributed by atoms with Crippen molar-refractivity contribution in [3.63, 3.8) is 0 Å². The van der Waals surface area contributed by atoms with E-state index in [2.05, 4.69) is 10.4 Å². The maximum atomic E-state index is 13.3. The lowest BCUT2D eigenvalue weighted by atomic mass is 10.2. The lowest BCUT2D eigenvalue weighted by molar-refractivity contribution is -0.122. The summed E-state index contributed by atoms with van der Waals surface area (Å²) >= 11 is 0. The highest BCUT2D eigenvalue weighted by molar-refractivity contribution is 5.86. The Morgan fingerprint density at radius 2 is 2.14 bits per heavy atom. The molecule has 0 radical (unpaired) electrons. The van der Waals surface area contributed by atoms with Crippen LogP contribution in [0.2, 0.25) is 0 Å². The topological polar surface area (TPSA) is 68.4 Å². The van der Waals surface area contributed by atoms with Crippen LogP contribution in [0.3, 0.4) is 0 Å². The van der Waals surface area contributed by atoms with Crippen molar-refractivity contribution in [1.29, 1.82) is 0 Å². The molecule has 1 amide bonds. The zero-order valence-electron chi connectivity index (χ0n) is 11.6. The van der Waals surface area contributed by atoms with E-state index in [0.29, 0.717) is 16.4 Å². The van der Waals surface area contributed by atoms with Crippen molar-refractivity contribution in [1.82, 2.24) is 19.5 Å². The Morgan fingerprint density at radius 3 is 2.91 bits per heavy atom. The second-order valence-electron chi connectivity index (χ2n) is 5.54. The number of fused-ring (bicyclic) bond motifs is 3. The van der Waals surface area contributed by atoms with E-state index in [4.69, 9.17) is 0 Å². The number of hydrogen-bond acceptors (Lipinski definition) is 3. The van der Waals surface area contributed by atoms with Gasteiger partial charge in [-0.25, -0.2) is 9.07 Å². The lowest BCUT2D eigenvalue weighted by Gasteiger charge is -2.06. The molecular formula is C15H13FN4O2. The Morgan fingerprint density at radius 1 is 1.32 bits per heavy atom. The molecule has 4 rings (SSSR count). The van der Waals surface area contributed by atoms with E-state index in [0.717, 1.165) is 17.5 Å². The predicted octanol–water partition coefficient (Wildman–Crippen LogP) is 1.07. The molecule has 0 atom stereocenters. The summed E-state index contributed by atoms with van der Waals surface area (Å²) in [5, 5.41) is 7.47. The molecule has 0 spiro atoms. The van der Waals surface area contributed by atoms with Crippen LogP contribution in [-0.4, -0.2) is 26.1 Å². The van der Waals surface area contributed by atoms with Gasteiger partial charge in [-0.1, -0.05) is 0 Å². The smallest absolute Gasteiger partial charge is 0.291 e. The quantitative estimate of drug-likeness (QED) is 0.786. The molecule has 0 saturated heterocycles. The average Bonchev–Trinajstić information content (AvgIpc) is 3.20. The number of hydrogen-bond donors (Lipinski definition) is 1. The molecule has 0 aliphatic heterocycles. The van der Waals surface area contributed by atoms with Gasteiger partial charge in [0, 0.05) is 11.4 Å². The number of carbonyl (C=O) groups is 1. The molecule has 1 saturated carbocycles. The van der Waals surface area contributed by atoms with E-state index in [-0.39, 0.29) is 29.9 Å². The molecule has 1 aliphatic rings. The molecular weight excluding hydrogens is 287 g/mol. The highest BCUT2D eigenvalue weighted by Crippen LogP contribution is 2.19. The van der Waals surface area contributed by atoms with Crippen molar-refractivity contribution >= 4 is 22.3 Å². The van der Waals surface area contributed by atoms with Crippen molar-refractivity contribution in [2.45, 2.75) is 25.4 Å². The van der Waals surface area contributed by atoms with Crippen LogP contribution in [0.1, 0.15) is 12.8 Å². The first-order valence-electron chi connectivity index (χ1n) is 7.07. The molecule has 1 aliphatic carbocycles. The summed E-state index contributed by atoms with van der Waals surface area (Å²) in [5.74, 6) is -0.580. The fourth-order valence-electron chi connectivity index (χ4n) is 2.54. The molecule has 22 heavy (non-hydrogen) atoms. The number of nitrogens with zero attached hydrogens (tertiary/aromatic N) is 3. The van der Waals surface area contributed by atoms with E-state index < -0.39 is 0 Å². The van der Waals surface area contributed by atoms with Gasteiger partial charge in [0.25, 0.3) is 5.56 Å². The SMILES string of the molecule is O=C(Cn1ncn2c(cc3cc(F)ccc32)c1=O)NC1CC1. The van der Waals surface area contributed by atoms with Gasteiger partial charge in [-0.3, -0.25) is 14.0 Å². The molecule has 2 heterocycles. The van der Waals surface area contributed by atoms with Gasteiger partial charge in [0.2, 0.25) is 5.91 Å². The monoisotopic (exact) mass is 300 g/mol. The van der Waals surface area contributed by atoms with Crippen molar-refractivity contribution in [3.05, 3.63) is 46.8 Å². The Bertz CT molecular complexity index is 955. The first-order valence-corrected chi connectivity index (χ1v) is 7.07. The molecule has 6 nitrogen and oxygen atoms in total. The Hall–Kier alpha value is -2.70. The van der Waals surface area contributed by atoms with E-state index in [1.807, 2.05) is 0 Å². The van der Waals surface area contributed by atoms with Crippen LogP contribution >= 0.6 is 0 Å². The van der Waals surface area contributed by atoms with Gasteiger partial charge < -0.3 is 5.32 Å². The van der Waals surface area contributed by atoms with Crippen LogP contribution in [0.15, 0.2) is 35.4 Å². The molecule has 1 fully saturated rings. The van der Waals surface area contributed by atoms with Crippen LogP contribution in [0.4, 0.5) is 4.39 Å². The van der Waals surface area contributed by atoms with Crippen molar-refractivity contribution in [2.24, 2.45) is 0 Å². The number of aromatic nitrogens is 3. The second kappa shape index (κ2) is 4.66. The van der Waals surface area contributed by atoms with Gasteiger partial charge in [0.1, 0.15) is 24.2 Å². The number of nitrogens with one attached hydrogen (secondary N) is 1. The van der Waals surface area contributed by atoms with Gasteiger partial charge in [0.15, 0.2) is 0 Å². The summed E-state index contributed by atoms with van der Waals surface area (Å²) in [6, 6.07) is 6.15. The minimum atomic E-state index is -0.370. The summed E-state index contributed by atoms with van der Waals surface area (Å²) in [4.78, 5) is 24.2. The normalized spacial score (nSPS) is 14.6. The van der Waals surface area contributed by atoms with Crippen molar-refractivity contribution in [3.8, 4) is 0 Å². The van der Waals surface area contributed by atoms with Gasteiger partial charge in [0.05, 0.1) is 5.52 Å². The maximum absolute atomic E-state index is 13.3. The zero-order valence-corrected chi connectivity index (χ0v) is 11.6.